The molecular weight excluding hydrogens is 242 g/mol. The highest BCUT2D eigenvalue weighted by molar-refractivity contribution is 5.69. The Hall–Kier alpha value is -1.21. The van der Waals surface area contributed by atoms with Crippen LogP contribution in [0.4, 0.5) is 4.79 Å². The van der Waals surface area contributed by atoms with Crippen LogP contribution in [0.25, 0.3) is 0 Å². The van der Waals surface area contributed by atoms with Crippen LogP contribution in [0.15, 0.2) is 0 Å². The van der Waals surface area contributed by atoms with E-state index in [1.807, 2.05) is 25.7 Å². The third-order valence-corrected chi connectivity index (χ3v) is 3.70. The van der Waals surface area contributed by atoms with Gasteiger partial charge in [-0.25, -0.2) is 4.79 Å². The van der Waals surface area contributed by atoms with Gasteiger partial charge in [-0.05, 0) is 46.5 Å². The van der Waals surface area contributed by atoms with E-state index in [0.29, 0.717) is 6.61 Å². The molecule has 1 amide bonds. The summed E-state index contributed by atoms with van der Waals surface area (Å²) in [6.07, 6.45) is 9.05. The summed E-state index contributed by atoms with van der Waals surface area (Å²) in [4.78, 5) is 14.1. The Balaban J connectivity index is 1.96. The molecule has 0 N–H and O–H groups in total. The lowest BCUT2D eigenvalue weighted by atomic mass is 10.0. The normalized spacial score (nSPS) is 30.0. The second-order valence-electron chi connectivity index (χ2n) is 6.38. The second-order valence-corrected chi connectivity index (χ2v) is 6.38. The fourth-order valence-electron chi connectivity index (χ4n) is 3.04. The molecule has 4 heteroatoms. The first-order chi connectivity index (χ1) is 8.90. The van der Waals surface area contributed by atoms with Gasteiger partial charge in [-0.15, -0.1) is 6.42 Å². The fourth-order valence-corrected chi connectivity index (χ4v) is 3.04. The predicted octanol–water partition coefficient (Wildman–Crippen LogP) is 2.57. The summed E-state index contributed by atoms with van der Waals surface area (Å²) < 4.78 is 11.1. The Kier molecular flexibility index (Phi) is 4.05. The largest absolute Gasteiger partial charge is 0.444 e. The van der Waals surface area contributed by atoms with Crippen molar-refractivity contribution in [3.8, 4) is 12.3 Å². The van der Waals surface area contributed by atoms with Crippen LogP contribution in [0.1, 0.15) is 46.5 Å². The summed E-state index contributed by atoms with van der Waals surface area (Å²) in [5, 5.41) is 0. The molecule has 2 fully saturated rings. The van der Waals surface area contributed by atoms with Crippen LogP contribution in [0.2, 0.25) is 0 Å². The Labute approximate surface area is 115 Å². The second kappa shape index (κ2) is 5.42. The minimum atomic E-state index is -0.437. The lowest BCUT2D eigenvalue weighted by Gasteiger charge is -2.39. The zero-order chi connectivity index (χ0) is 14.0. The first-order valence-corrected chi connectivity index (χ1v) is 6.97. The summed E-state index contributed by atoms with van der Waals surface area (Å²) in [6, 6.07) is 0.493. The maximum absolute atomic E-state index is 12.2. The monoisotopic (exact) mass is 265 g/mol. The topological polar surface area (TPSA) is 38.8 Å². The van der Waals surface area contributed by atoms with Crippen molar-refractivity contribution in [3.05, 3.63) is 0 Å². The highest BCUT2D eigenvalue weighted by Crippen LogP contribution is 2.37. The minimum Gasteiger partial charge on any atom is -0.444 e. The molecule has 0 radical (unpaired) electrons. The van der Waals surface area contributed by atoms with Crippen LogP contribution < -0.4 is 0 Å². The van der Waals surface area contributed by atoms with E-state index in [2.05, 4.69) is 5.92 Å². The smallest absolute Gasteiger partial charge is 0.410 e. The van der Waals surface area contributed by atoms with Gasteiger partial charge in [0.05, 0.1) is 6.10 Å². The molecule has 106 valence electrons. The molecule has 2 aliphatic rings. The van der Waals surface area contributed by atoms with Gasteiger partial charge < -0.3 is 14.4 Å². The number of nitrogens with zero attached hydrogens (tertiary/aromatic N) is 1. The first kappa shape index (κ1) is 14.2. The van der Waals surface area contributed by atoms with Crippen LogP contribution in [0.3, 0.4) is 0 Å². The molecule has 0 aromatic heterocycles. The number of amides is 1. The molecular formula is C15H23NO3. The van der Waals surface area contributed by atoms with Crippen LogP contribution in [0.5, 0.6) is 0 Å². The molecule has 2 bridgehead atoms. The van der Waals surface area contributed by atoms with Crippen molar-refractivity contribution in [2.45, 2.75) is 70.2 Å². The van der Waals surface area contributed by atoms with Gasteiger partial charge in [-0.2, -0.15) is 0 Å². The van der Waals surface area contributed by atoms with Crippen molar-refractivity contribution in [2.24, 2.45) is 0 Å². The number of hydrogen-bond acceptors (Lipinski definition) is 3. The number of piperidine rings is 1. The van der Waals surface area contributed by atoms with E-state index < -0.39 is 5.60 Å². The standard InChI is InChI=1S/C15H23NO3/c1-5-8-18-13-9-11-6-7-12(10-13)16(11)14(17)19-15(2,3)4/h1,11-13H,6-10H2,2-4H3/t11-,12+,13+. The number of hydrogen-bond donors (Lipinski definition) is 0. The third kappa shape index (κ3) is 3.42. The Morgan fingerprint density at radius 2 is 1.89 bits per heavy atom. The first-order valence-electron chi connectivity index (χ1n) is 6.97. The van der Waals surface area contributed by atoms with Crippen LogP contribution >= 0.6 is 0 Å². The highest BCUT2D eigenvalue weighted by atomic mass is 16.6. The molecule has 0 spiro atoms. The van der Waals surface area contributed by atoms with Crippen molar-refractivity contribution in [1.29, 1.82) is 0 Å². The molecule has 0 unspecified atom stereocenters. The zero-order valence-corrected chi connectivity index (χ0v) is 12.0. The number of fused-ring (bicyclic) bond motifs is 2. The van der Waals surface area contributed by atoms with Gasteiger partial charge in [0, 0.05) is 12.1 Å². The summed E-state index contributed by atoms with van der Waals surface area (Å²) >= 11 is 0. The van der Waals surface area contributed by atoms with Gasteiger partial charge in [0.1, 0.15) is 12.2 Å². The Bertz CT molecular complexity index is 366. The van der Waals surface area contributed by atoms with Crippen LogP contribution in [0, 0.1) is 12.3 Å². The van der Waals surface area contributed by atoms with Crippen molar-refractivity contribution >= 4 is 6.09 Å². The summed E-state index contributed by atoms with van der Waals surface area (Å²) in [5.74, 6) is 2.50. The van der Waals surface area contributed by atoms with Gasteiger partial charge in [-0.3, -0.25) is 0 Å². The minimum absolute atomic E-state index is 0.185. The maximum atomic E-state index is 12.2. The molecule has 19 heavy (non-hydrogen) atoms. The van der Waals surface area contributed by atoms with E-state index in [-0.39, 0.29) is 24.3 Å². The summed E-state index contributed by atoms with van der Waals surface area (Å²) in [5.41, 5.74) is -0.437. The van der Waals surface area contributed by atoms with Crippen molar-refractivity contribution < 1.29 is 14.3 Å². The van der Waals surface area contributed by atoms with Crippen LogP contribution in [-0.4, -0.2) is 41.4 Å². The molecule has 4 nitrogen and oxygen atoms in total. The summed E-state index contributed by atoms with van der Waals surface area (Å²) in [6.45, 7) is 6.05. The third-order valence-electron chi connectivity index (χ3n) is 3.70. The van der Waals surface area contributed by atoms with Gasteiger partial charge in [0.15, 0.2) is 0 Å². The molecule has 3 atom stereocenters. The number of carbonyl (C=O) groups is 1. The molecule has 2 rings (SSSR count). The number of ether oxygens (including phenoxy) is 2. The van der Waals surface area contributed by atoms with Crippen LogP contribution in [-0.2, 0) is 9.47 Å². The Morgan fingerprint density at radius 1 is 1.32 bits per heavy atom. The molecule has 0 aromatic carbocycles. The molecule has 2 aliphatic heterocycles. The molecule has 0 aliphatic carbocycles. The predicted molar refractivity (Wildman–Crippen MR) is 72.7 cm³/mol. The summed E-state index contributed by atoms with van der Waals surface area (Å²) in [7, 11) is 0. The molecule has 0 aromatic rings. The lowest BCUT2D eigenvalue weighted by molar-refractivity contribution is -0.0271. The fraction of sp³-hybridized carbons (Fsp3) is 0.800. The van der Waals surface area contributed by atoms with Gasteiger partial charge in [0.2, 0.25) is 0 Å². The average molecular weight is 265 g/mol. The average Bonchev–Trinajstić information content (AvgIpc) is 2.56. The zero-order valence-electron chi connectivity index (χ0n) is 12.0. The molecule has 2 saturated heterocycles. The SMILES string of the molecule is C#CCO[C@H]1C[C@H]2CC[C@@H](C1)N2C(=O)OC(C)(C)C. The van der Waals surface area contributed by atoms with E-state index in [1.165, 1.54) is 0 Å². The Morgan fingerprint density at radius 3 is 2.37 bits per heavy atom. The lowest BCUT2D eigenvalue weighted by Crippen LogP contribution is -2.50. The van der Waals surface area contributed by atoms with E-state index in [0.717, 1.165) is 25.7 Å². The van der Waals surface area contributed by atoms with Gasteiger partial charge in [-0.1, -0.05) is 5.92 Å². The van der Waals surface area contributed by atoms with Crippen molar-refractivity contribution in [1.82, 2.24) is 4.90 Å². The maximum Gasteiger partial charge on any atom is 0.410 e. The van der Waals surface area contributed by atoms with E-state index in [4.69, 9.17) is 15.9 Å². The van der Waals surface area contributed by atoms with Crippen molar-refractivity contribution in [3.63, 3.8) is 0 Å². The van der Waals surface area contributed by atoms with E-state index in [9.17, 15) is 4.79 Å². The van der Waals surface area contributed by atoms with E-state index in [1.54, 1.807) is 0 Å². The number of carbonyl (C=O) groups excluding carboxylic acids is 1. The van der Waals surface area contributed by atoms with E-state index >= 15 is 0 Å². The highest BCUT2D eigenvalue weighted by Gasteiger charge is 2.45. The van der Waals surface area contributed by atoms with Gasteiger partial charge >= 0.3 is 6.09 Å². The molecule has 0 saturated carbocycles. The van der Waals surface area contributed by atoms with Gasteiger partial charge in [0.25, 0.3) is 0 Å². The number of rotatable bonds is 2. The number of terminal acetylenes is 1. The molecule has 2 heterocycles. The quantitative estimate of drug-likeness (QED) is 0.720. The van der Waals surface area contributed by atoms with Crippen molar-refractivity contribution in [2.75, 3.05) is 6.61 Å².